The van der Waals surface area contributed by atoms with Crippen molar-refractivity contribution < 1.29 is 0 Å². The van der Waals surface area contributed by atoms with Gasteiger partial charge in [0.1, 0.15) is 0 Å². The molecule has 21 heavy (non-hydrogen) atoms. The number of nitrogens with zero attached hydrogens (tertiary/aromatic N) is 1. The highest BCUT2D eigenvalue weighted by molar-refractivity contribution is 5.48. The molecule has 116 valence electrons. The minimum Gasteiger partial charge on any atom is -0.372 e. The van der Waals surface area contributed by atoms with E-state index in [0.29, 0.717) is 5.92 Å². The van der Waals surface area contributed by atoms with Gasteiger partial charge in [0, 0.05) is 30.9 Å². The molecular weight excluding hydrogens is 256 g/mol. The molecule has 0 amide bonds. The number of nitrogens with one attached hydrogen (secondary N) is 1. The molecular formula is C19H30N2. The van der Waals surface area contributed by atoms with E-state index in [9.17, 15) is 0 Å². The second-order valence-electron chi connectivity index (χ2n) is 6.32. The SMILES string of the molecule is C=CC1CCCC(C)(c2ccc(N(CC)CC)cc2)NC1. The van der Waals surface area contributed by atoms with E-state index in [1.54, 1.807) is 0 Å². The zero-order chi connectivity index (χ0) is 15.3. The fraction of sp³-hybridized carbons (Fsp3) is 0.579. The van der Waals surface area contributed by atoms with Crippen molar-refractivity contribution in [3.63, 3.8) is 0 Å². The molecule has 2 rings (SSSR count). The molecule has 1 heterocycles. The van der Waals surface area contributed by atoms with Crippen molar-refractivity contribution in [2.24, 2.45) is 5.92 Å². The molecule has 2 nitrogen and oxygen atoms in total. The molecule has 2 unspecified atom stereocenters. The Labute approximate surface area is 130 Å². The van der Waals surface area contributed by atoms with Crippen LogP contribution in [0.3, 0.4) is 0 Å². The van der Waals surface area contributed by atoms with Crippen molar-refractivity contribution in [3.8, 4) is 0 Å². The first-order valence-electron chi connectivity index (χ1n) is 8.36. The van der Waals surface area contributed by atoms with Gasteiger partial charge in [-0.05, 0) is 57.2 Å². The normalized spacial score (nSPS) is 26.1. The molecule has 0 bridgehead atoms. The molecule has 1 aromatic rings. The molecule has 1 aliphatic rings. The maximum absolute atomic E-state index is 3.95. The summed E-state index contributed by atoms with van der Waals surface area (Å²) in [4.78, 5) is 2.39. The van der Waals surface area contributed by atoms with Crippen LogP contribution in [0.4, 0.5) is 5.69 Å². The van der Waals surface area contributed by atoms with Crippen LogP contribution < -0.4 is 10.2 Å². The Bertz CT molecular complexity index is 447. The maximum atomic E-state index is 3.95. The third-order valence-electron chi connectivity index (χ3n) is 4.97. The van der Waals surface area contributed by atoms with Gasteiger partial charge < -0.3 is 10.2 Å². The van der Waals surface area contributed by atoms with E-state index in [0.717, 1.165) is 19.6 Å². The summed E-state index contributed by atoms with van der Waals surface area (Å²) in [6.45, 7) is 13.9. The minimum atomic E-state index is 0.0968. The minimum absolute atomic E-state index is 0.0968. The lowest BCUT2D eigenvalue weighted by Crippen LogP contribution is -2.40. The lowest BCUT2D eigenvalue weighted by molar-refractivity contribution is 0.355. The predicted molar refractivity (Wildman–Crippen MR) is 92.9 cm³/mol. The molecule has 1 fully saturated rings. The van der Waals surface area contributed by atoms with Gasteiger partial charge in [-0.1, -0.05) is 24.6 Å². The van der Waals surface area contributed by atoms with E-state index >= 15 is 0 Å². The highest BCUT2D eigenvalue weighted by atomic mass is 15.1. The van der Waals surface area contributed by atoms with Gasteiger partial charge in [0.05, 0.1) is 0 Å². The van der Waals surface area contributed by atoms with E-state index in [-0.39, 0.29) is 5.54 Å². The summed E-state index contributed by atoms with van der Waals surface area (Å²) < 4.78 is 0. The Morgan fingerprint density at radius 1 is 1.29 bits per heavy atom. The lowest BCUT2D eigenvalue weighted by atomic mass is 9.87. The van der Waals surface area contributed by atoms with Crippen LogP contribution in [0.2, 0.25) is 0 Å². The highest BCUT2D eigenvalue weighted by Crippen LogP contribution is 2.32. The van der Waals surface area contributed by atoms with Gasteiger partial charge >= 0.3 is 0 Å². The molecule has 1 N–H and O–H groups in total. The van der Waals surface area contributed by atoms with Crippen molar-refractivity contribution in [2.75, 3.05) is 24.5 Å². The molecule has 0 spiro atoms. The summed E-state index contributed by atoms with van der Waals surface area (Å²) in [5.41, 5.74) is 2.83. The quantitative estimate of drug-likeness (QED) is 0.811. The molecule has 0 aromatic heterocycles. The van der Waals surface area contributed by atoms with Gasteiger partial charge in [-0.25, -0.2) is 0 Å². The fourth-order valence-electron chi connectivity index (χ4n) is 3.34. The van der Waals surface area contributed by atoms with Gasteiger partial charge in [-0.2, -0.15) is 0 Å². The Balaban J connectivity index is 2.15. The Morgan fingerprint density at radius 2 is 1.95 bits per heavy atom. The Kier molecular flexibility index (Phi) is 5.46. The largest absolute Gasteiger partial charge is 0.372 e. The Hall–Kier alpha value is -1.28. The summed E-state index contributed by atoms with van der Waals surface area (Å²) in [6, 6.07) is 9.14. The number of benzene rings is 1. The first-order chi connectivity index (χ1) is 10.1. The lowest BCUT2D eigenvalue weighted by Gasteiger charge is -2.31. The number of rotatable bonds is 5. The van der Waals surface area contributed by atoms with Crippen molar-refractivity contribution >= 4 is 5.69 Å². The predicted octanol–water partition coefficient (Wildman–Crippen LogP) is 4.32. The number of hydrogen-bond donors (Lipinski definition) is 1. The average molecular weight is 286 g/mol. The van der Waals surface area contributed by atoms with Crippen molar-refractivity contribution in [2.45, 2.75) is 45.6 Å². The summed E-state index contributed by atoms with van der Waals surface area (Å²) in [5.74, 6) is 0.613. The van der Waals surface area contributed by atoms with Crippen LogP contribution in [-0.2, 0) is 5.54 Å². The third kappa shape index (κ3) is 3.68. The van der Waals surface area contributed by atoms with Crippen LogP contribution in [0.5, 0.6) is 0 Å². The standard InChI is InChI=1S/C19H30N2/c1-5-16-9-8-14-19(4,20-15-16)17-10-12-18(13-11-17)21(6-2)7-3/h5,10-13,16,20H,1,6-9,14-15H2,2-4H3. The van der Waals surface area contributed by atoms with Gasteiger partial charge in [0.15, 0.2) is 0 Å². The van der Waals surface area contributed by atoms with Gasteiger partial charge in [-0.15, -0.1) is 6.58 Å². The summed E-state index contributed by atoms with van der Waals surface area (Å²) in [5, 5.41) is 3.77. The molecule has 1 saturated heterocycles. The van der Waals surface area contributed by atoms with Gasteiger partial charge in [-0.3, -0.25) is 0 Å². The third-order valence-corrected chi connectivity index (χ3v) is 4.97. The summed E-state index contributed by atoms with van der Waals surface area (Å²) in [7, 11) is 0. The molecule has 1 aromatic carbocycles. The van der Waals surface area contributed by atoms with E-state index in [1.807, 2.05) is 0 Å². The highest BCUT2D eigenvalue weighted by Gasteiger charge is 2.29. The Morgan fingerprint density at radius 3 is 2.52 bits per heavy atom. The van der Waals surface area contributed by atoms with Crippen LogP contribution >= 0.6 is 0 Å². The smallest absolute Gasteiger partial charge is 0.0406 e. The molecule has 1 aliphatic heterocycles. The molecule has 2 atom stereocenters. The summed E-state index contributed by atoms with van der Waals surface area (Å²) >= 11 is 0. The summed E-state index contributed by atoms with van der Waals surface area (Å²) in [6.07, 6.45) is 5.81. The van der Waals surface area contributed by atoms with Crippen molar-refractivity contribution in [1.29, 1.82) is 0 Å². The second-order valence-corrected chi connectivity index (χ2v) is 6.32. The molecule has 0 saturated carbocycles. The topological polar surface area (TPSA) is 15.3 Å². The van der Waals surface area contributed by atoms with Crippen LogP contribution in [0.1, 0.15) is 45.6 Å². The first kappa shape index (κ1) is 16.1. The zero-order valence-electron chi connectivity index (χ0n) is 13.9. The van der Waals surface area contributed by atoms with E-state index in [2.05, 4.69) is 67.9 Å². The first-order valence-corrected chi connectivity index (χ1v) is 8.36. The van der Waals surface area contributed by atoms with Crippen LogP contribution in [0.25, 0.3) is 0 Å². The fourth-order valence-corrected chi connectivity index (χ4v) is 3.34. The number of hydrogen-bond acceptors (Lipinski definition) is 2. The van der Waals surface area contributed by atoms with Crippen LogP contribution in [-0.4, -0.2) is 19.6 Å². The van der Waals surface area contributed by atoms with Crippen molar-refractivity contribution in [3.05, 3.63) is 42.5 Å². The molecule has 2 heteroatoms. The van der Waals surface area contributed by atoms with Crippen molar-refractivity contribution in [1.82, 2.24) is 5.32 Å². The molecule has 0 radical (unpaired) electrons. The average Bonchev–Trinajstić information content (AvgIpc) is 2.72. The van der Waals surface area contributed by atoms with Crippen LogP contribution in [0, 0.1) is 5.92 Å². The van der Waals surface area contributed by atoms with Gasteiger partial charge in [0.25, 0.3) is 0 Å². The maximum Gasteiger partial charge on any atom is 0.0406 e. The van der Waals surface area contributed by atoms with Crippen LogP contribution in [0.15, 0.2) is 36.9 Å². The molecule has 0 aliphatic carbocycles. The number of anilines is 1. The zero-order valence-corrected chi connectivity index (χ0v) is 13.9. The van der Waals surface area contributed by atoms with E-state index in [1.165, 1.54) is 30.5 Å². The van der Waals surface area contributed by atoms with Gasteiger partial charge in [0.2, 0.25) is 0 Å². The van der Waals surface area contributed by atoms with E-state index < -0.39 is 0 Å². The monoisotopic (exact) mass is 286 g/mol. The van der Waals surface area contributed by atoms with E-state index in [4.69, 9.17) is 0 Å². The second kappa shape index (κ2) is 7.13.